The van der Waals surface area contributed by atoms with Gasteiger partial charge in [-0.3, -0.25) is 4.68 Å². The van der Waals surface area contributed by atoms with Crippen molar-refractivity contribution in [3.8, 4) is 0 Å². The molecule has 2 heterocycles. The third kappa shape index (κ3) is 3.02. The summed E-state index contributed by atoms with van der Waals surface area (Å²) in [6, 6.07) is 6.18. The van der Waals surface area contributed by atoms with Gasteiger partial charge in [0.15, 0.2) is 0 Å². The molecule has 0 radical (unpaired) electrons. The minimum absolute atomic E-state index is 0.139. The fraction of sp³-hybridized carbons (Fsp3) is 0.600. The summed E-state index contributed by atoms with van der Waals surface area (Å²) in [5.41, 5.74) is 1.33. The lowest BCUT2D eigenvalue weighted by Crippen LogP contribution is -2.28. The maximum Gasteiger partial charge on any atom is 0.137 e. The average Bonchev–Trinajstić information content (AvgIpc) is 3.46. The van der Waals surface area contributed by atoms with Gasteiger partial charge in [-0.25, -0.2) is 4.98 Å². The Morgan fingerprint density at radius 3 is 2.85 bits per heavy atom. The zero-order chi connectivity index (χ0) is 17.9. The highest BCUT2D eigenvalue weighted by Gasteiger charge is 2.64. The molecule has 6 heteroatoms. The molecule has 0 amide bonds. The van der Waals surface area contributed by atoms with E-state index in [1.54, 1.807) is 6.33 Å². The van der Waals surface area contributed by atoms with Gasteiger partial charge in [0, 0.05) is 21.6 Å². The summed E-state index contributed by atoms with van der Waals surface area (Å²) >= 11 is 10.0. The van der Waals surface area contributed by atoms with Crippen molar-refractivity contribution < 1.29 is 4.74 Å². The molecule has 0 N–H and O–H groups in total. The molecule has 1 aromatic heterocycles. The average molecular weight is 437 g/mol. The van der Waals surface area contributed by atoms with Crippen LogP contribution >= 0.6 is 27.5 Å². The van der Waals surface area contributed by atoms with Gasteiger partial charge in [0.1, 0.15) is 18.3 Å². The molecule has 138 valence electrons. The van der Waals surface area contributed by atoms with Gasteiger partial charge >= 0.3 is 0 Å². The quantitative estimate of drug-likeness (QED) is 0.570. The van der Waals surface area contributed by atoms with Gasteiger partial charge in [-0.05, 0) is 61.0 Å². The Bertz CT molecular complexity index is 818. The van der Waals surface area contributed by atoms with E-state index in [2.05, 4.69) is 45.1 Å². The summed E-state index contributed by atoms with van der Waals surface area (Å²) in [5, 5.41) is 5.16. The van der Waals surface area contributed by atoms with Gasteiger partial charge in [-0.15, -0.1) is 0 Å². The number of epoxide rings is 1. The predicted octanol–water partition coefficient (Wildman–Crippen LogP) is 5.06. The van der Waals surface area contributed by atoms with Gasteiger partial charge in [0.25, 0.3) is 0 Å². The van der Waals surface area contributed by atoms with E-state index >= 15 is 0 Å². The SMILES string of the molecule is CC(CC1CC1C1(c2ccc(Br)cc2Cl)CO1)(Cn1cncn1)C1CC1. The van der Waals surface area contributed by atoms with Crippen LogP contribution in [-0.2, 0) is 16.9 Å². The van der Waals surface area contributed by atoms with Crippen LogP contribution in [0.5, 0.6) is 0 Å². The molecule has 0 spiro atoms. The van der Waals surface area contributed by atoms with E-state index in [1.807, 2.05) is 17.1 Å². The molecule has 1 aromatic carbocycles. The van der Waals surface area contributed by atoms with Crippen molar-refractivity contribution in [3.63, 3.8) is 0 Å². The standard InChI is InChI=1S/C20H23BrClN3O/c1-19(14-2-3-14,9-25-12-23-11-24-25)8-13-6-17(13)20(10-26-20)16-5-4-15(21)7-18(16)22/h4-5,7,11-14,17H,2-3,6,8-10H2,1H3. The topological polar surface area (TPSA) is 43.2 Å². The van der Waals surface area contributed by atoms with Gasteiger partial charge in [-0.2, -0.15) is 5.10 Å². The van der Waals surface area contributed by atoms with E-state index in [1.165, 1.54) is 31.2 Å². The number of halogens is 2. The summed E-state index contributed by atoms with van der Waals surface area (Å²) in [4.78, 5) is 4.11. The van der Waals surface area contributed by atoms with E-state index in [4.69, 9.17) is 16.3 Å². The summed E-state index contributed by atoms with van der Waals surface area (Å²) in [5.74, 6) is 2.13. The second-order valence-electron chi connectivity index (χ2n) is 8.63. The molecule has 4 nitrogen and oxygen atoms in total. The fourth-order valence-corrected chi connectivity index (χ4v) is 5.78. The van der Waals surface area contributed by atoms with Crippen LogP contribution in [-0.4, -0.2) is 21.4 Å². The van der Waals surface area contributed by atoms with Crippen molar-refractivity contribution in [2.45, 2.75) is 44.8 Å². The predicted molar refractivity (Wildman–Crippen MR) is 104 cm³/mol. The molecule has 1 aliphatic heterocycles. The zero-order valence-electron chi connectivity index (χ0n) is 14.9. The van der Waals surface area contributed by atoms with Crippen LogP contribution in [0.3, 0.4) is 0 Å². The van der Waals surface area contributed by atoms with Gasteiger partial charge < -0.3 is 4.74 Å². The lowest BCUT2D eigenvalue weighted by molar-refractivity contribution is 0.173. The highest BCUT2D eigenvalue weighted by molar-refractivity contribution is 9.10. The van der Waals surface area contributed by atoms with Gasteiger partial charge in [-0.1, -0.05) is 40.5 Å². The van der Waals surface area contributed by atoms with Crippen LogP contribution < -0.4 is 0 Å². The highest BCUT2D eigenvalue weighted by atomic mass is 79.9. The van der Waals surface area contributed by atoms with E-state index in [-0.39, 0.29) is 5.60 Å². The molecule has 4 atom stereocenters. The monoisotopic (exact) mass is 435 g/mol. The number of hydrogen-bond acceptors (Lipinski definition) is 3. The Kier molecular flexibility index (Phi) is 4.00. The normalized spacial score (nSPS) is 32.3. The second-order valence-corrected chi connectivity index (χ2v) is 9.95. The molecule has 2 saturated carbocycles. The second kappa shape index (κ2) is 6.05. The lowest BCUT2D eigenvalue weighted by atomic mass is 9.78. The van der Waals surface area contributed by atoms with Crippen LogP contribution in [0.2, 0.25) is 5.02 Å². The molecule has 1 saturated heterocycles. The van der Waals surface area contributed by atoms with Crippen LogP contribution in [0.15, 0.2) is 35.3 Å². The molecule has 2 aromatic rings. The number of rotatable bonds is 7. The van der Waals surface area contributed by atoms with E-state index in [0.29, 0.717) is 17.3 Å². The molecule has 3 fully saturated rings. The fourth-order valence-electron chi connectivity index (χ4n) is 4.95. The molecular formula is C20H23BrClN3O. The summed E-state index contributed by atoms with van der Waals surface area (Å²) < 4.78 is 9.05. The number of aromatic nitrogens is 3. The van der Waals surface area contributed by atoms with Crippen LogP contribution in [0.25, 0.3) is 0 Å². The van der Waals surface area contributed by atoms with Crippen LogP contribution in [0, 0.1) is 23.2 Å². The largest absolute Gasteiger partial charge is 0.364 e. The van der Waals surface area contributed by atoms with Crippen molar-refractivity contribution in [2.24, 2.45) is 23.2 Å². The first-order valence-corrected chi connectivity index (χ1v) is 10.6. The van der Waals surface area contributed by atoms with Crippen LogP contribution in [0.1, 0.15) is 38.2 Å². The molecule has 5 rings (SSSR count). The van der Waals surface area contributed by atoms with E-state index in [0.717, 1.165) is 28.6 Å². The molecule has 4 unspecified atom stereocenters. The van der Waals surface area contributed by atoms with E-state index < -0.39 is 0 Å². The summed E-state index contributed by atoms with van der Waals surface area (Å²) in [6.45, 7) is 4.21. The molecule has 3 aliphatic rings. The molecule has 2 aliphatic carbocycles. The first kappa shape index (κ1) is 17.2. The maximum absolute atomic E-state index is 6.53. The minimum Gasteiger partial charge on any atom is -0.364 e. The van der Waals surface area contributed by atoms with Crippen molar-refractivity contribution in [1.29, 1.82) is 0 Å². The molecule has 0 bridgehead atoms. The molecule has 26 heavy (non-hydrogen) atoms. The Hall–Kier alpha value is -0.910. The number of ether oxygens (including phenoxy) is 1. The Morgan fingerprint density at radius 1 is 1.42 bits per heavy atom. The number of benzene rings is 1. The van der Waals surface area contributed by atoms with Crippen LogP contribution in [0.4, 0.5) is 0 Å². The maximum atomic E-state index is 6.53. The Morgan fingerprint density at radius 2 is 2.23 bits per heavy atom. The minimum atomic E-state index is -0.139. The molecular weight excluding hydrogens is 414 g/mol. The highest BCUT2D eigenvalue weighted by Crippen LogP contribution is 2.65. The number of nitrogens with zero attached hydrogens (tertiary/aromatic N) is 3. The van der Waals surface area contributed by atoms with Gasteiger partial charge in [0.05, 0.1) is 6.61 Å². The lowest BCUT2D eigenvalue weighted by Gasteiger charge is -2.30. The first-order valence-electron chi connectivity index (χ1n) is 9.42. The Labute approximate surface area is 167 Å². The van der Waals surface area contributed by atoms with Crippen molar-refractivity contribution in [3.05, 3.63) is 45.9 Å². The van der Waals surface area contributed by atoms with Crippen molar-refractivity contribution >= 4 is 27.5 Å². The third-order valence-corrected chi connectivity index (χ3v) is 7.45. The van der Waals surface area contributed by atoms with Crippen molar-refractivity contribution in [2.75, 3.05) is 6.61 Å². The van der Waals surface area contributed by atoms with Crippen molar-refractivity contribution in [1.82, 2.24) is 14.8 Å². The zero-order valence-corrected chi connectivity index (χ0v) is 17.2. The summed E-state index contributed by atoms with van der Waals surface area (Å²) in [6.07, 6.45) is 8.66. The first-order chi connectivity index (χ1) is 12.5. The summed E-state index contributed by atoms with van der Waals surface area (Å²) in [7, 11) is 0. The number of hydrogen-bond donors (Lipinski definition) is 0. The smallest absolute Gasteiger partial charge is 0.137 e. The Balaban J connectivity index is 1.32. The van der Waals surface area contributed by atoms with E-state index in [9.17, 15) is 0 Å². The third-order valence-electron chi connectivity index (χ3n) is 6.65. The van der Waals surface area contributed by atoms with Gasteiger partial charge in [0.2, 0.25) is 0 Å².